The highest BCUT2D eigenvalue weighted by atomic mass is 16.5. The average Bonchev–Trinajstić information content (AvgIpc) is 3.47. The fourth-order valence-corrected chi connectivity index (χ4v) is 6.22. The molecule has 242 valence electrons. The van der Waals surface area contributed by atoms with Gasteiger partial charge in [0.15, 0.2) is 0 Å². The van der Waals surface area contributed by atoms with Gasteiger partial charge in [-0.25, -0.2) is 0 Å². The van der Waals surface area contributed by atoms with Crippen molar-refractivity contribution in [2.45, 2.75) is 23.7 Å². The van der Waals surface area contributed by atoms with Crippen molar-refractivity contribution in [1.82, 2.24) is 4.90 Å². The first-order valence-electron chi connectivity index (χ1n) is 15.1. The molecule has 0 bridgehead atoms. The van der Waals surface area contributed by atoms with E-state index >= 15 is 0 Å². The van der Waals surface area contributed by atoms with Crippen LogP contribution in [0.1, 0.15) is 28.7 Å². The normalized spacial score (nSPS) is 18.2. The molecule has 5 rings (SSSR count). The lowest BCUT2D eigenvalue weighted by Crippen LogP contribution is -2.41. The van der Waals surface area contributed by atoms with Crippen LogP contribution < -0.4 is 18.9 Å². The smallest absolute Gasteiger partial charge is 0.323 e. The predicted molar refractivity (Wildman–Crippen MR) is 174 cm³/mol. The van der Waals surface area contributed by atoms with Gasteiger partial charge in [0, 0.05) is 19.5 Å². The van der Waals surface area contributed by atoms with E-state index < -0.39 is 23.2 Å². The van der Waals surface area contributed by atoms with E-state index in [4.69, 9.17) is 28.4 Å². The minimum atomic E-state index is -1.26. The van der Waals surface area contributed by atoms with Crippen LogP contribution in [0.2, 0.25) is 0 Å². The number of rotatable bonds is 13. The van der Waals surface area contributed by atoms with E-state index in [1.807, 2.05) is 89.8 Å². The minimum absolute atomic E-state index is 0.187. The number of hydrogen-bond donors (Lipinski definition) is 1. The lowest BCUT2D eigenvalue weighted by molar-refractivity contribution is -0.146. The Labute approximate surface area is 270 Å². The quantitative estimate of drug-likeness (QED) is 0.159. The lowest BCUT2D eigenvalue weighted by Gasteiger charge is -2.37. The van der Waals surface area contributed by atoms with Crippen molar-refractivity contribution in [3.63, 3.8) is 0 Å². The Kier molecular flexibility index (Phi) is 10.2. The number of β-amino-alcohol motifs (C(OH)–C–C–N with tert-alkyl or cyclic N) is 1. The summed E-state index contributed by atoms with van der Waals surface area (Å²) < 4.78 is 33.9. The maximum absolute atomic E-state index is 13.0. The highest BCUT2D eigenvalue weighted by molar-refractivity contribution is 5.76. The zero-order valence-electron chi connectivity index (χ0n) is 26.9. The summed E-state index contributed by atoms with van der Waals surface area (Å²) in [5, 5.41) is 11.8. The van der Waals surface area contributed by atoms with E-state index in [-0.39, 0.29) is 19.6 Å². The number of esters is 1. The van der Waals surface area contributed by atoms with Gasteiger partial charge in [-0.3, -0.25) is 9.69 Å². The van der Waals surface area contributed by atoms with E-state index in [0.29, 0.717) is 17.9 Å². The number of benzene rings is 4. The number of carbonyl (C=O) groups is 1. The molecule has 0 aromatic heterocycles. The zero-order valence-corrected chi connectivity index (χ0v) is 26.9. The fourth-order valence-electron chi connectivity index (χ4n) is 6.22. The first kappa shape index (κ1) is 32.8. The minimum Gasteiger partial charge on any atom is -0.497 e. The molecule has 4 aromatic rings. The molecule has 1 N–H and O–H groups in total. The van der Waals surface area contributed by atoms with Crippen molar-refractivity contribution in [1.29, 1.82) is 0 Å². The van der Waals surface area contributed by atoms with Gasteiger partial charge in [-0.1, -0.05) is 48.5 Å². The Morgan fingerprint density at radius 3 is 1.46 bits per heavy atom. The molecule has 9 nitrogen and oxygen atoms in total. The fraction of sp³-hybridized carbons (Fsp3) is 0.324. The molecule has 0 spiro atoms. The first-order valence-corrected chi connectivity index (χ1v) is 15.1. The molecular formula is C37H41NO8. The third kappa shape index (κ3) is 6.53. The standard InChI is InChI=1S/C37H41NO8/c1-41-30-14-6-26(7-15-30)36(40)24-34(35(39)45-5)38(25-36)22-23-46-37(27-8-16-31(42-2)17-9-27,28-10-18-32(43-3)19-11-28)29-12-20-33(44-4)21-13-29/h6-21,34,40H,22-25H2,1-5H3/t34-,36-/m0/s1. The summed E-state index contributed by atoms with van der Waals surface area (Å²) in [5.41, 5.74) is 1.02. The summed E-state index contributed by atoms with van der Waals surface area (Å²) in [6.07, 6.45) is 0.187. The molecule has 1 fully saturated rings. The number of aliphatic hydroxyl groups is 1. The van der Waals surface area contributed by atoms with Crippen LogP contribution in [0.25, 0.3) is 0 Å². The Bertz CT molecular complexity index is 1460. The molecule has 4 aromatic carbocycles. The van der Waals surface area contributed by atoms with Crippen molar-refractivity contribution in [3.8, 4) is 23.0 Å². The third-order valence-corrected chi connectivity index (χ3v) is 8.72. The van der Waals surface area contributed by atoms with Crippen LogP contribution in [-0.2, 0) is 25.5 Å². The predicted octanol–water partition coefficient (Wildman–Crippen LogP) is 5.16. The second-order valence-corrected chi connectivity index (χ2v) is 11.2. The highest BCUT2D eigenvalue weighted by Crippen LogP contribution is 2.43. The maximum Gasteiger partial charge on any atom is 0.323 e. The molecule has 0 saturated carbocycles. The van der Waals surface area contributed by atoms with Gasteiger partial charge in [0.05, 0.1) is 42.2 Å². The maximum atomic E-state index is 13.0. The van der Waals surface area contributed by atoms with Crippen LogP contribution in [0.3, 0.4) is 0 Å². The molecule has 0 unspecified atom stereocenters. The molecule has 46 heavy (non-hydrogen) atoms. The van der Waals surface area contributed by atoms with Crippen LogP contribution in [0, 0.1) is 0 Å². The number of likely N-dealkylation sites (tertiary alicyclic amines) is 1. The second kappa shape index (κ2) is 14.2. The summed E-state index contributed by atoms with van der Waals surface area (Å²) in [4.78, 5) is 14.9. The molecule has 9 heteroatoms. The van der Waals surface area contributed by atoms with Gasteiger partial charge in [-0.05, 0) is 70.8 Å². The molecule has 0 aliphatic carbocycles. The van der Waals surface area contributed by atoms with Crippen molar-refractivity contribution >= 4 is 5.97 Å². The average molecular weight is 628 g/mol. The Morgan fingerprint density at radius 1 is 0.696 bits per heavy atom. The summed E-state index contributed by atoms with van der Waals surface area (Å²) in [5.74, 6) is 2.44. The summed E-state index contributed by atoms with van der Waals surface area (Å²) in [6.45, 7) is 0.793. The van der Waals surface area contributed by atoms with Gasteiger partial charge in [0.2, 0.25) is 0 Å². The van der Waals surface area contributed by atoms with Crippen LogP contribution in [0.4, 0.5) is 0 Å². The summed E-state index contributed by atoms with van der Waals surface area (Å²) in [7, 11) is 7.85. The summed E-state index contributed by atoms with van der Waals surface area (Å²) in [6, 6.07) is 30.0. The molecule has 0 radical (unpaired) electrons. The monoisotopic (exact) mass is 627 g/mol. The van der Waals surface area contributed by atoms with Crippen LogP contribution >= 0.6 is 0 Å². The number of nitrogens with zero attached hydrogens (tertiary/aromatic N) is 1. The number of hydrogen-bond acceptors (Lipinski definition) is 9. The van der Waals surface area contributed by atoms with Gasteiger partial charge < -0.3 is 33.5 Å². The van der Waals surface area contributed by atoms with E-state index in [9.17, 15) is 9.90 Å². The van der Waals surface area contributed by atoms with E-state index in [1.165, 1.54) is 7.11 Å². The second-order valence-electron chi connectivity index (χ2n) is 11.2. The number of ether oxygens (including phenoxy) is 6. The number of carbonyl (C=O) groups excluding carboxylic acids is 1. The zero-order chi connectivity index (χ0) is 32.7. The van der Waals surface area contributed by atoms with Crippen molar-refractivity contribution < 1.29 is 38.3 Å². The van der Waals surface area contributed by atoms with Gasteiger partial charge in [0.1, 0.15) is 40.2 Å². The SMILES string of the molecule is COC(=O)[C@@H]1C[C@@](O)(c2ccc(OC)cc2)CN1CCOC(c1ccc(OC)cc1)(c1ccc(OC)cc1)c1ccc(OC)cc1. The molecule has 1 heterocycles. The first-order chi connectivity index (χ1) is 22.3. The van der Waals surface area contributed by atoms with Crippen molar-refractivity contribution in [2.24, 2.45) is 0 Å². The van der Waals surface area contributed by atoms with E-state index in [0.717, 1.165) is 33.9 Å². The van der Waals surface area contributed by atoms with Gasteiger partial charge >= 0.3 is 5.97 Å². The van der Waals surface area contributed by atoms with Crippen LogP contribution in [0.15, 0.2) is 97.1 Å². The van der Waals surface area contributed by atoms with E-state index in [2.05, 4.69) is 0 Å². The van der Waals surface area contributed by atoms with Gasteiger partial charge in [-0.15, -0.1) is 0 Å². The third-order valence-electron chi connectivity index (χ3n) is 8.72. The summed E-state index contributed by atoms with van der Waals surface area (Å²) >= 11 is 0. The molecule has 1 aliphatic rings. The van der Waals surface area contributed by atoms with Gasteiger partial charge in [0.25, 0.3) is 0 Å². The van der Waals surface area contributed by atoms with Crippen LogP contribution in [-0.4, -0.2) is 77.3 Å². The molecule has 1 saturated heterocycles. The molecule has 0 amide bonds. The molecule has 2 atom stereocenters. The topological polar surface area (TPSA) is 95.9 Å². The van der Waals surface area contributed by atoms with E-state index in [1.54, 1.807) is 40.6 Å². The lowest BCUT2D eigenvalue weighted by atomic mass is 9.80. The Morgan fingerprint density at radius 2 is 1.09 bits per heavy atom. The molecule has 1 aliphatic heterocycles. The van der Waals surface area contributed by atoms with Crippen molar-refractivity contribution in [3.05, 3.63) is 119 Å². The highest BCUT2D eigenvalue weighted by Gasteiger charge is 2.47. The van der Waals surface area contributed by atoms with Crippen molar-refractivity contribution in [2.75, 3.05) is 55.2 Å². The molecular weight excluding hydrogens is 586 g/mol. The largest absolute Gasteiger partial charge is 0.497 e. The van der Waals surface area contributed by atoms with Gasteiger partial charge in [-0.2, -0.15) is 0 Å². The van der Waals surface area contributed by atoms with Crippen LogP contribution in [0.5, 0.6) is 23.0 Å². The Balaban J connectivity index is 1.52. The number of methoxy groups -OCH3 is 5. The Hall–Kier alpha value is -4.57.